The smallest absolute Gasteiger partial charge is 0.172 e. The van der Waals surface area contributed by atoms with Crippen molar-refractivity contribution in [2.24, 2.45) is 0 Å². The summed E-state index contributed by atoms with van der Waals surface area (Å²) < 4.78 is 6.00. The molecular weight excluding hydrogens is 270 g/mol. The third kappa shape index (κ3) is 2.39. The van der Waals surface area contributed by atoms with Gasteiger partial charge in [0.05, 0.1) is 18.2 Å². The predicted molar refractivity (Wildman–Crippen MR) is 63.4 cm³/mol. The quantitative estimate of drug-likeness (QED) is 0.811. The van der Waals surface area contributed by atoms with Crippen LogP contribution in [0.25, 0.3) is 0 Å². The molecule has 16 heavy (non-hydrogen) atoms. The molecule has 4 heteroatoms. The highest BCUT2D eigenvalue weighted by molar-refractivity contribution is 9.10. The van der Waals surface area contributed by atoms with Crippen molar-refractivity contribution in [3.8, 4) is 0 Å². The van der Waals surface area contributed by atoms with Crippen LogP contribution in [-0.4, -0.2) is 10.8 Å². The number of aryl methyl sites for hydroxylation is 1. The van der Waals surface area contributed by atoms with Gasteiger partial charge >= 0.3 is 0 Å². The van der Waals surface area contributed by atoms with E-state index in [9.17, 15) is 4.79 Å². The minimum absolute atomic E-state index is 0.0288. The monoisotopic (exact) mass is 279 g/mol. The Hall–Kier alpha value is -1.42. The zero-order valence-electron chi connectivity index (χ0n) is 8.74. The molecule has 0 bridgehead atoms. The van der Waals surface area contributed by atoms with E-state index in [2.05, 4.69) is 20.9 Å². The number of hydrogen-bond donors (Lipinski definition) is 0. The Kier molecular flexibility index (Phi) is 3.19. The molecule has 0 aliphatic rings. The van der Waals surface area contributed by atoms with Crippen molar-refractivity contribution in [2.45, 2.75) is 13.3 Å². The standard InChI is InChI=1S/C12H10BrNO2/c1-8-11(4-5-16-8)12(15)6-10-3-2-9(13)7-14-10/h2-5,7H,6H2,1H3. The number of carbonyl (C=O) groups excluding carboxylic acids is 1. The van der Waals surface area contributed by atoms with Crippen molar-refractivity contribution < 1.29 is 9.21 Å². The fourth-order valence-corrected chi connectivity index (χ4v) is 1.68. The van der Waals surface area contributed by atoms with Crippen LogP contribution in [0.5, 0.6) is 0 Å². The first-order valence-electron chi connectivity index (χ1n) is 4.84. The van der Waals surface area contributed by atoms with Crippen LogP contribution in [0.4, 0.5) is 0 Å². The van der Waals surface area contributed by atoms with Gasteiger partial charge in [0.1, 0.15) is 5.76 Å². The number of ketones is 1. The molecular formula is C12H10BrNO2. The fraction of sp³-hybridized carbons (Fsp3) is 0.167. The Morgan fingerprint density at radius 2 is 2.25 bits per heavy atom. The number of rotatable bonds is 3. The lowest BCUT2D eigenvalue weighted by molar-refractivity contribution is 0.0990. The van der Waals surface area contributed by atoms with Gasteiger partial charge in [-0.3, -0.25) is 9.78 Å². The van der Waals surface area contributed by atoms with E-state index in [0.29, 0.717) is 17.7 Å². The molecule has 3 nitrogen and oxygen atoms in total. The van der Waals surface area contributed by atoms with Crippen molar-refractivity contribution in [2.75, 3.05) is 0 Å². The lowest BCUT2D eigenvalue weighted by Gasteiger charge is -1.99. The summed E-state index contributed by atoms with van der Waals surface area (Å²) >= 11 is 3.30. The lowest BCUT2D eigenvalue weighted by Crippen LogP contribution is -2.05. The van der Waals surface area contributed by atoms with E-state index < -0.39 is 0 Å². The molecule has 2 heterocycles. The Labute approximate surface area is 102 Å². The van der Waals surface area contributed by atoms with Crippen LogP contribution in [0.1, 0.15) is 21.8 Å². The van der Waals surface area contributed by atoms with Gasteiger partial charge in [0, 0.05) is 16.4 Å². The maximum atomic E-state index is 11.9. The number of halogens is 1. The number of carbonyl (C=O) groups is 1. The average Bonchev–Trinajstić information content (AvgIpc) is 2.68. The third-order valence-corrected chi connectivity index (χ3v) is 2.76. The van der Waals surface area contributed by atoms with Crippen molar-refractivity contribution in [3.05, 3.63) is 52.1 Å². The summed E-state index contributed by atoms with van der Waals surface area (Å²) in [5.41, 5.74) is 1.39. The van der Waals surface area contributed by atoms with Gasteiger partial charge in [-0.15, -0.1) is 0 Å². The van der Waals surface area contributed by atoms with Gasteiger partial charge in [-0.2, -0.15) is 0 Å². The van der Waals surface area contributed by atoms with Crippen molar-refractivity contribution >= 4 is 21.7 Å². The number of Topliss-reactive ketones (excluding diaryl/α,β-unsaturated/α-hetero) is 1. The summed E-state index contributed by atoms with van der Waals surface area (Å²) in [6.07, 6.45) is 3.51. The van der Waals surface area contributed by atoms with Gasteiger partial charge in [0.2, 0.25) is 0 Å². The third-order valence-electron chi connectivity index (χ3n) is 2.29. The van der Waals surface area contributed by atoms with Gasteiger partial charge in [-0.05, 0) is 41.1 Å². The minimum Gasteiger partial charge on any atom is -0.469 e. The van der Waals surface area contributed by atoms with Crippen LogP contribution in [0.2, 0.25) is 0 Å². The molecule has 0 radical (unpaired) electrons. The van der Waals surface area contributed by atoms with E-state index in [1.54, 1.807) is 19.2 Å². The summed E-state index contributed by atoms with van der Waals surface area (Å²) in [6.45, 7) is 1.78. The van der Waals surface area contributed by atoms with Gasteiger partial charge in [0.15, 0.2) is 5.78 Å². The molecule has 0 unspecified atom stereocenters. The molecule has 0 saturated heterocycles. The zero-order chi connectivity index (χ0) is 11.5. The fourth-order valence-electron chi connectivity index (χ4n) is 1.44. The highest BCUT2D eigenvalue weighted by Crippen LogP contribution is 2.13. The van der Waals surface area contributed by atoms with Crippen molar-refractivity contribution in [1.29, 1.82) is 0 Å². The second kappa shape index (κ2) is 4.61. The Morgan fingerprint density at radius 1 is 1.44 bits per heavy atom. The van der Waals surface area contributed by atoms with Gasteiger partial charge in [-0.1, -0.05) is 0 Å². The second-order valence-corrected chi connectivity index (χ2v) is 4.37. The lowest BCUT2D eigenvalue weighted by atomic mass is 10.1. The maximum Gasteiger partial charge on any atom is 0.172 e. The molecule has 2 aromatic heterocycles. The van der Waals surface area contributed by atoms with Crippen molar-refractivity contribution in [3.63, 3.8) is 0 Å². The molecule has 0 N–H and O–H groups in total. The minimum atomic E-state index is 0.0288. The van der Waals surface area contributed by atoms with Crippen LogP contribution in [0, 0.1) is 6.92 Å². The van der Waals surface area contributed by atoms with E-state index in [0.717, 1.165) is 10.2 Å². The molecule has 0 saturated carbocycles. The highest BCUT2D eigenvalue weighted by Gasteiger charge is 2.12. The first-order chi connectivity index (χ1) is 7.66. The topological polar surface area (TPSA) is 43.1 Å². The van der Waals surface area contributed by atoms with E-state index in [4.69, 9.17) is 4.42 Å². The number of pyridine rings is 1. The summed E-state index contributed by atoms with van der Waals surface area (Å²) in [7, 11) is 0. The molecule has 82 valence electrons. The van der Waals surface area contributed by atoms with Gasteiger partial charge in [0.25, 0.3) is 0 Å². The Morgan fingerprint density at radius 3 is 2.81 bits per heavy atom. The summed E-state index contributed by atoms with van der Waals surface area (Å²) in [5.74, 6) is 0.684. The van der Waals surface area contributed by atoms with Crippen LogP contribution in [0.15, 0.2) is 39.5 Å². The highest BCUT2D eigenvalue weighted by atomic mass is 79.9. The first-order valence-corrected chi connectivity index (χ1v) is 5.64. The SMILES string of the molecule is Cc1occc1C(=O)Cc1ccc(Br)cn1. The van der Waals surface area contributed by atoms with Gasteiger partial charge < -0.3 is 4.42 Å². The summed E-state index contributed by atoms with van der Waals surface area (Å²) in [4.78, 5) is 16.0. The molecule has 0 atom stereocenters. The number of furan rings is 1. The summed E-state index contributed by atoms with van der Waals surface area (Å²) in [6, 6.07) is 5.39. The van der Waals surface area contributed by atoms with Crippen LogP contribution in [0.3, 0.4) is 0 Å². The van der Waals surface area contributed by atoms with Crippen molar-refractivity contribution in [1.82, 2.24) is 4.98 Å². The first kappa shape index (κ1) is 11.1. The van der Waals surface area contributed by atoms with Crippen LogP contribution >= 0.6 is 15.9 Å². The Balaban J connectivity index is 2.14. The Bertz CT molecular complexity index is 502. The van der Waals surface area contributed by atoms with E-state index >= 15 is 0 Å². The van der Waals surface area contributed by atoms with E-state index in [1.165, 1.54) is 6.26 Å². The molecule has 2 aromatic rings. The molecule has 0 aliphatic heterocycles. The molecule has 0 aliphatic carbocycles. The molecule has 0 aromatic carbocycles. The zero-order valence-corrected chi connectivity index (χ0v) is 10.3. The number of nitrogens with zero attached hydrogens (tertiary/aromatic N) is 1. The molecule has 0 spiro atoms. The van der Waals surface area contributed by atoms with Crippen LogP contribution in [-0.2, 0) is 6.42 Å². The predicted octanol–water partition coefficient (Wildman–Crippen LogP) is 3.17. The second-order valence-electron chi connectivity index (χ2n) is 3.46. The van der Waals surface area contributed by atoms with E-state index in [1.807, 2.05) is 12.1 Å². The number of hydrogen-bond acceptors (Lipinski definition) is 3. The maximum absolute atomic E-state index is 11.9. The normalized spacial score (nSPS) is 10.4. The largest absolute Gasteiger partial charge is 0.469 e. The number of aromatic nitrogens is 1. The van der Waals surface area contributed by atoms with E-state index in [-0.39, 0.29) is 5.78 Å². The summed E-state index contributed by atoms with van der Waals surface area (Å²) in [5, 5.41) is 0. The average molecular weight is 280 g/mol. The molecule has 2 rings (SSSR count). The van der Waals surface area contributed by atoms with Gasteiger partial charge in [-0.25, -0.2) is 0 Å². The molecule has 0 fully saturated rings. The molecule has 0 amide bonds. The van der Waals surface area contributed by atoms with Crippen LogP contribution < -0.4 is 0 Å².